The van der Waals surface area contributed by atoms with Crippen molar-refractivity contribution in [3.63, 3.8) is 0 Å². The maximum absolute atomic E-state index is 13.5. The highest BCUT2D eigenvalue weighted by Gasteiger charge is 2.20. The van der Waals surface area contributed by atoms with Gasteiger partial charge in [0.15, 0.2) is 0 Å². The zero-order valence-corrected chi connectivity index (χ0v) is 24.2. The maximum atomic E-state index is 13.5. The third-order valence-electron chi connectivity index (χ3n) is 7.83. The molecule has 216 valence electrons. The molecule has 2 heterocycles. The van der Waals surface area contributed by atoms with Crippen molar-refractivity contribution in [3.05, 3.63) is 174 Å². The van der Waals surface area contributed by atoms with Crippen molar-refractivity contribution in [1.29, 1.82) is 0 Å². The summed E-state index contributed by atoms with van der Waals surface area (Å²) < 4.78 is 0. The van der Waals surface area contributed by atoms with E-state index in [9.17, 15) is 9.59 Å². The van der Waals surface area contributed by atoms with Crippen molar-refractivity contribution in [2.24, 2.45) is 0 Å². The van der Waals surface area contributed by atoms with E-state index in [0.717, 1.165) is 38.5 Å². The van der Waals surface area contributed by atoms with Crippen LogP contribution in [0.2, 0.25) is 0 Å². The molecule has 1 atom stereocenters. The minimum atomic E-state index is -0.411. The molecule has 7 aromatic rings. The summed E-state index contributed by atoms with van der Waals surface area (Å²) in [5.74, 6) is -0.470. The molecule has 7 rings (SSSR count). The standard InChI is InChI=1S/C39H28N4O2/c44-38(43-37(27-11-2-1-3-12-27)35-16-8-9-21-40-35)31-23-30-19-20-32(24-36(30)41-25-31)42-39(45)34-15-7-6-14-33(34)29-18-17-26-10-4-5-13-28(26)22-29/h1-25,37H,(H,42,45)(H,43,44). The number of rotatable bonds is 7. The second-order valence-electron chi connectivity index (χ2n) is 10.8. The molecule has 0 saturated carbocycles. The fraction of sp³-hybridized carbons (Fsp3) is 0.0256. The summed E-state index contributed by atoms with van der Waals surface area (Å²) in [7, 11) is 0. The molecule has 1 unspecified atom stereocenters. The lowest BCUT2D eigenvalue weighted by atomic mass is 9.96. The van der Waals surface area contributed by atoms with Gasteiger partial charge < -0.3 is 10.6 Å². The predicted octanol–water partition coefficient (Wildman–Crippen LogP) is 8.22. The molecule has 0 fully saturated rings. The van der Waals surface area contributed by atoms with Crippen molar-refractivity contribution in [2.75, 3.05) is 5.32 Å². The normalized spacial score (nSPS) is 11.6. The van der Waals surface area contributed by atoms with Crippen LogP contribution in [0, 0.1) is 0 Å². The van der Waals surface area contributed by atoms with E-state index < -0.39 is 6.04 Å². The first-order valence-electron chi connectivity index (χ1n) is 14.7. The molecule has 6 nitrogen and oxygen atoms in total. The Kier molecular flexibility index (Phi) is 7.52. The predicted molar refractivity (Wildman–Crippen MR) is 179 cm³/mol. The summed E-state index contributed by atoms with van der Waals surface area (Å²) in [4.78, 5) is 35.9. The van der Waals surface area contributed by atoms with Gasteiger partial charge in [-0.2, -0.15) is 0 Å². The smallest absolute Gasteiger partial charge is 0.256 e. The number of carbonyl (C=O) groups excluding carboxylic acids is 2. The summed E-state index contributed by atoms with van der Waals surface area (Å²) in [6, 6.07) is 44.3. The number of benzene rings is 5. The van der Waals surface area contributed by atoms with Crippen LogP contribution in [0.3, 0.4) is 0 Å². The molecule has 2 N–H and O–H groups in total. The monoisotopic (exact) mass is 584 g/mol. The van der Waals surface area contributed by atoms with Gasteiger partial charge in [-0.25, -0.2) is 0 Å². The van der Waals surface area contributed by atoms with Crippen LogP contribution in [-0.2, 0) is 0 Å². The Labute approximate surface area is 260 Å². The molecule has 2 amide bonds. The number of carbonyl (C=O) groups is 2. The van der Waals surface area contributed by atoms with Crippen molar-refractivity contribution in [3.8, 4) is 11.1 Å². The van der Waals surface area contributed by atoms with Gasteiger partial charge in [-0.15, -0.1) is 0 Å². The Hall–Kier alpha value is -6.14. The number of nitrogens with zero attached hydrogens (tertiary/aromatic N) is 2. The molecule has 5 aromatic carbocycles. The first-order chi connectivity index (χ1) is 22.1. The van der Waals surface area contributed by atoms with Crippen LogP contribution in [0.25, 0.3) is 32.8 Å². The topological polar surface area (TPSA) is 84.0 Å². The Bertz CT molecular complexity index is 2120. The fourth-order valence-corrected chi connectivity index (χ4v) is 5.55. The number of anilines is 1. The van der Waals surface area contributed by atoms with Gasteiger partial charge in [0.25, 0.3) is 11.8 Å². The van der Waals surface area contributed by atoms with Gasteiger partial charge in [-0.1, -0.05) is 97.1 Å². The number of hydrogen-bond donors (Lipinski definition) is 2. The molecule has 0 radical (unpaired) electrons. The quantitative estimate of drug-likeness (QED) is 0.198. The van der Waals surface area contributed by atoms with Gasteiger partial charge in [-0.05, 0) is 69.9 Å². The number of aromatic nitrogens is 2. The number of hydrogen-bond acceptors (Lipinski definition) is 4. The first kappa shape index (κ1) is 27.7. The van der Waals surface area contributed by atoms with Crippen molar-refractivity contribution < 1.29 is 9.59 Å². The molecule has 0 aliphatic heterocycles. The fourth-order valence-electron chi connectivity index (χ4n) is 5.55. The number of nitrogens with one attached hydrogen (secondary N) is 2. The molecule has 0 spiro atoms. The molecule has 0 bridgehead atoms. The van der Waals surface area contributed by atoms with E-state index in [0.29, 0.717) is 22.3 Å². The molecule has 45 heavy (non-hydrogen) atoms. The van der Waals surface area contributed by atoms with Gasteiger partial charge in [0.2, 0.25) is 0 Å². The maximum Gasteiger partial charge on any atom is 0.256 e. The van der Waals surface area contributed by atoms with Gasteiger partial charge >= 0.3 is 0 Å². The second-order valence-corrected chi connectivity index (χ2v) is 10.8. The van der Waals surface area contributed by atoms with Crippen molar-refractivity contribution in [1.82, 2.24) is 15.3 Å². The average molecular weight is 585 g/mol. The zero-order chi connectivity index (χ0) is 30.6. The van der Waals surface area contributed by atoms with Crippen LogP contribution in [0.4, 0.5) is 5.69 Å². The Morgan fingerprint density at radius 1 is 0.600 bits per heavy atom. The molecule has 0 aliphatic rings. The summed E-state index contributed by atoms with van der Waals surface area (Å²) in [6.45, 7) is 0. The Balaban J connectivity index is 1.11. The first-order valence-corrected chi connectivity index (χ1v) is 14.7. The summed E-state index contributed by atoms with van der Waals surface area (Å²) in [5.41, 5.74) is 5.79. The average Bonchev–Trinajstić information content (AvgIpc) is 3.10. The highest BCUT2D eigenvalue weighted by atomic mass is 16.2. The largest absolute Gasteiger partial charge is 0.339 e. The third-order valence-corrected chi connectivity index (χ3v) is 7.83. The van der Waals surface area contributed by atoms with Crippen LogP contribution in [0.15, 0.2) is 152 Å². The third kappa shape index (κ3) is 5.90. The highest BCUT2D eigenvalue weighted by Crippen LogP contribution is 2.29. The zero-order valence-electron chi connectivity index (χ0n) is 24.2. The van der Waals surface area contributed by atoms with Crippen molar-refractivity contribution in [2.45, 2.75) is 6.04 Å². The minimum Gasteiger partial charge on any atom is -0.339 e. The minimum absolute atomic E-state index is 0.212. The lowest BCUT2D eigenvalue weighted by Crippen LogP contribution is -2.30. The number of amides is 2. The Morgan fingerprint density at radius 3 is 2.20 bits per heavy atom. The highest BCUT2D eigenvalue weighted by molar-refractivity contribution is 6.09. The van der Waals surface area contributed by atoms with E-state index >= 15 is 0 Å². The summed E-state index contributed by atoms with van der Waals surface area (Å²) in [5, 5.41) is 9.20. The molecule has 2 aromatic heterocycles. The summed E-state index contributed by atoms with van der Waals surface area (Å²) >= 11 is 0. The van der Waals surface area contributed by atoms with Crippen molar-refractivity contribution >= 4 is 39.2 Å². The van der Waals surface area contributed by atoms with E-state index in [4.69, 9.17) is 0 Å². The lowest BCUT2D eigenvalue weighted by Gasteiger charge is -2.19. The Morgan fingerprint density at radius 2 is 1.36 bits per heavy atom. The van der Waals surface area contributed by atoms with E-state index in [1.807, 2.05) is 109 Å². The SMILES string of the molecule is O=C(NC(c1ccccc1)c1ccccn1)c1cnc2cc(NC(=O)c3ccccc3-c3ccc4ccccc4c3)ccc2c1. The van der Waals surface area contributed by atoms with Crippen LogP contribution < -0.4 is 10.6 Å². The van der Waals surface area contributed by atoms with Gasteiger partial charge in [0.05, 0.1) is 22.8 Å². The van der Waals surface area contributed by atoms with E-state index in [1.165, 1.54) is 0 Å². The van der Waals surface area contributed by atoms with Crippen LogP contribution in [-0.4, -0.2) is 21.8 Å². The van der Waals surface area contributed by atoms with E-state index in [1.54, 1.807) is 18.5 Å². The lowest BCUT2D eigenvalue weighted by molar-refractivity contribution is 0.0941. The molecular weight excluding hydrogens is 556 g/mol. The molecule has 0 aliphatic carbocycles. The van der Waals surface area contributed by atoms with Gasteiger partial charge in [0, 0.05) is 29.0 Å². The summed E-state index contributed by atoms with van der Waals surface area (Å²) in [6.07, 6.45) is 3.27. The van der Waals surface area contributed by atoms with Gasteiger partial charge in [0.1, 0.15) is 0 Å². The van der Waals surface area contributed by atoms with E-state index in [2.05, 4.69) is 44.9 Å². The molecule has 0 saturated heterocycles. The van der Waals surface area contributed by atoms with Gasteiger partial charge in [-0.3, -0.25) is 19.6 Å². The van der Waals surface area contributed by atoms with Crippen LogP contribution in [0.1, 0.15) is 38.0 Å². The molecule has 6 heteroatoms. The number of pyridine rings is 2. The second kappa shape index (κ2) is 12.2. The van der Waals surface area contributed by atoms with E-state index in [-0.39, 0.29) is 11.8 Å². The molecular formula is C39H28N4O2. The van der Waals surface area contributed by atoms with Crippen LogP contribution >= 0.6 is 0 Å². The van der Waals surface area contributed by atoms with Crippen LogP contribution in [0.5, 0.6) is 0 Å². The number of fused-ring (bicyclic) bond motifs is 2.